The topological polar surface area (TPSA) is 72.2 Å². The molecule has 0 bridgehead atoms. The number of hydrogen-bond acceptors (Lipinski definition) is 4. The summed E-state index contributed by atoms with van der Waals surface area (Å²) >= 11 is 13.3. The van der Waals surface area contributed by atoms with Gasteiger partial charge in [-0.3, -0.25) is 14.9 Å². The number of benzene rings is 2. The first kappa shape index (κ1) is 17.6. The predicted octanol–water partition coefficient (Wildman–Crippen LogP) is 4.42. The summed E-state index contributed by atoms with van der Waals surface area (Å²) in [6.45, 7) is 0.444. The lowest BCUT2D eigenvalue weighted by Gasteiger charge is -2.07. The summed E-state index contributed by atoms with van der Waals surface area (Å²) in [6.07, 6.45) is 0. The third-order valence-electron chi connectivity index (χ3n) is 2.88. The molecule has 0 heterocycles. The molecule has 120 valence electrons. The lowest BCUT2D eigenvalue weighted by molar-refractivity contribution is -0.384. The van der Waals surface area contributed by atoms with E-state index in [1.165, 1.54) is 18.2 Å². The molecule has 8 heteroatoms. The zero-order valence-electron chi connectivity index (χ0n) is 11.8. The number of carbonyl (C=O) groups excluding carboxylic acids is 1. The lowest BCUT2D eigenvalue weighted by Crippen LogP contribution is -2.26. The van der Waals surface area contributed by atoms with Crippen molar-refractivity contribution in [2.75, 3.05) is 12.3 Å². The van der Waals surface area contributed by atoms with Gasteiger partial charge in [0.15, 0.2) is 0 Å². The zero-order valence-corrected chi connectivity index (χ0v) is 14.1. The van der Waals surface area contributed by atoms with E-state index in [4.69, 9.17) is 23.2 Å². The number of carbonyl (C=O) groups is 1. The summed E-state index contributed by atoms with van der Waals surface area (Å²) in [6, 6.07) is 11.2. The van der Waals surface area contributed by atoms with Crippen molar-refractivity contribution in [3.8, 4) is 0 Å². The standard InChI is InChI=1S/C15H12Cl2N2O3S/c16-10-1-4-12(5-2-10)23-8-7-18-15(20)13-6-3-11(19(21)22)9-14(13)17/h1-6,9H,7-8H2,(H,18,20). The van der Waals surface area contributed by atoms with Gasteiger partial charge in [-0.05, 0) is 30.3 Å². The van der Waals surface area contributed by atoms with Crippen LogP contribution in [-0.2, 0) is 0 Å². The van der Waals surface area contributed by atoms with Gasteiger partial charge in [-0.1, -0.05) is 23.2 Å². The molecule has 2 aromatic rings. The normalized spacial score (nSPS) is 10.3. The van der Waals surface area contributed by atoms with E-state index in [2.05, 4.69) is 5.32 Å². The van der Waals surface area contributed by atoms with Crippen LogP contribution in [0.3, 0.4) is 0 Å². The molecule has 0 aliphatic carbocycles. The maximum Gasteiger partial charge on any atom is 0.270 e. The van der Waals surface area contributed by atoms with E-state index in [9.17, 15) is 14.9 Å². The minimum absolute atomic E-state index is 0.0575. The number of hydrogen-bond donors (Lipinski definition) is 1. The molecule has 5 nitrogen and oxygen atoms in total. The summed E-state index contributed by atoms with van der Waals surface area (Å²) in [4.78, 5) is 23.1. The number of amides is 1. The van der Waals surface area contributed by atoms with Gasteiger partial charge in [0.1, 0.15) is 0 Å². The van der Waals surface area contributed by atoms with E-state index < -0.39 is 4.92 Å². The Hall–Kier alpha value is -1.76. The molecule has 0 unspecified atom stereocenters. The third-order valence-corrected chi connectivity index (χ3v) is 4.46. The number of halogens is 2. The van der Waals surface area contributed by atoms with Crippen molar-refractivity contribution in [3.63, 3.8) is 0 Å². The highest BCUT2D eigenvalue weighted by Gasteiger charge is 2.14. The minimum atomic E-state index is -0.559. The number of nitrogens with zero attached hydrogens (tertiary/aromatic N) is 1. The van der Waals surface area contributed by atoms with E-state index in [0.717, 1.165) is 4.90 Å². The van der Waals surface area contributed by atoms with Crippen LogP contribution in [0.5, 0.6) is 0 Å². The molecule has 0 spiro atoms. The van der Waals surface area contributed by atoms with E-state index in [0.29, 0.717) is 17.3 Å². The monoisotopic (exact) mass is 370 g/mol. The molecule has 1 N–H and O–H groups in total. The number of nitro groups is 1. The van der Waals surface area contributed by atoms with Crippen LogP contribution in [0.25, 0.3) is 0 Å². The van der Waals surface area contributed by atoms with Crippen molar-refractivity contribution < 1.29 is 9.72 Å². The average Bonchev–Trinajstić information content (AvgIpc) is 2.52. The first-order valence-corrected chi connectivity index (χ1v) is 8.32. The molecule has 1 amide bonds. The van der Waals surface area contributed by atoms with Gasteiger partial charge in [-0.2, -0.15) is 0 Å². The van der Waals surface area contributed by atoms with Crippen molar-refractivity contribution in [2.45, 2.75) is 4.90 Å². The highest BCUT2D eigenvalue weighted by atomic mass is 35.5. The van der Waals surface area contributed by atoms with Crippen molar-refractivity contribution in [3.05, 3.63) is 68.2 Å². The summed E-state index contributed by atoms with van der Waals surface area (Å²) < 4.78 is 0. The molecule has 2 rings (SSSR count). The van der Waals surface area contributed by atoms with Crippen LogP contribution in [0.2, 0.25) is 10.0 Å². The second-order valence-corrected chi connectivity index (χ2v) is 6.49. The van der Waals surface area contributed by atoms with Crippen LogP contribution in [0.15, 0.2) is 47.4 Å². The predicted molar refractivity (Wildman–Crippen MR) is 92.6 cm³/mol. The molecule has 0 fully saturated rings. The molecule has 23 heavy (non-hydrogen) atoms. The Morgan fingerprint density at radius 2 is 1.87 bits per heavy atom. The molecule has 0 aromatic heterocycles. The molecule has 0 atom stereocenters. The highest BCUT2D eigenvalue weighted by molar-refractivity contribution is 7.99. The van der Waals surface area contributed by atoms with Crippen LogP contribution in [0.1, 0.15) is 10.4 Å². The van der Waals surface area contributed by atoms with Crippen molar-refractivity contribution in [1.82, 2.24) is 5.32 Å². The molecule has 0 radical (unpaired) electrons. The SMILES string of the molecule is O=C(NCCSc1ccc(Cl)cc1)c1ccc([N+](=O)[O-])cc1Cl. The number of non-ortho nitro benzene ring substituents is 1. The minimum Gasteiger partial charge on any atom is -0.351 e. The summed E-state index contributed by atoms with van der Waals surface area (Å²) in [7, 11) is 0. The summed E-state index contributed by atoms with van der Waals surface area (Å²) in [5, 5.41) is 14.1. The summed E-state index contributed by atoms with van der Waals surface area (Å²) in [5.74, 6) is 0.319. The molecule has 0 saturated heterocycles. The number of nitrogens with one attached hydrogen (secondary N) is 1. The number of thioether (sulfide) groups is 1. The molecule has 0 aliphatic rings. The molecule has 0 saturated carbocycles. The van der Waals surface area contributed by atoms with Gasteiger partial charge >= 0.3 is 0 Å². The van der Waals surface area contributed by atoms with Gasteiger partial charge in [0.25, 0.3) is 11.6 Å². The van der Waals surface area contributed by atoms with Crippen LogP contribution < -0.4 is 5.32 Å². The van der Waals surface area contributed by atoms with Gasteiger partial charge in [0.05, 0.1) is 15.5 Å². The van der Waals surface area contributed by atoms with E-state index in [1.807, 2.05) is 12.1 Å². The van der Waals surface area contributed by atoms with Crippen LogP contribution >= 0.6 is 35.0 Å². The quantitative estimate of drug-likeness (QED) is 0.353. The van der Waals surface area contributed by atoms with Crippen molar-refractivity contribution >= 4 is 46.6 Å². The molecule has 0 aliphatic heterocycles. The number of nitro benzene ring substituents is 1. The maximum atomic E-state index is 12.0. The Morgan fingerprint density at radius 3 is 2.48 bits per heavy atom. The molecular weight excluding hydrogens is 359 g/mol. The van der Waals surface area contributed by atoms with Crippen molar-refractivity contribution in [1.29, 1.82) is 0 Å². The maximum absolute atomic E-state index is 12.0. The Labute approximate surface area is 147 Å². The average molecular weight is 371 g/mol. The fraction of sp³-hybridized carbons (Fsp3) is 0.133. The van der Waals surface area contributed by atoms with Gasteiger partial charge in [-0.15, -0.1) is 11.8 Å². The number of rotatable bonds is 6. The van der Waals surface area contributed by atoms with Gasteiger partial charge < -0.3 is 5.32 Å². The summed E-state index contributed by atoms with van der Waals surface area (Å²) in [5.41, 5.74) is 0.0682. The van der Waals surface area contributed by atoms with Gasteiger partial charge in [0, 0.05) is 34.3 Å². The Balaban J connectivity index is 1.85. The van der Waals surface area contributed by atoms with E-state index in [1.54, 1.807) is 23.9 Å². The zero-order chi connectivity index (χ0) is 16.8. The van der Waals surface area contributed by atoms with Crippen LogP contribution in [0.4, 0.5) is 5.69 Å². The first-order chi connectivity index (χ1) is 11.0. The molecule has 2 aromatic carbocycles. The van der Waals surface area contributed by atoms with Crippen molar-refractivity contribution in [2.24, 2.45) is 0 Å². The Bertz CT molecular complexity index is 723. The second-order valence-electron chi connectivity index (χ2n) is 4.48. The first-order valence-electron chi connectivity index (χ1n) is 6.58. The Morgan fingerprint density at radius 1 is 1.17 bits per heavy atom. The van der Waals surface area contributed by atoms with Gasteiger partial charge in [0.2, 0.25) is 0 Å². The molecular formula is C15H12Cl2N2O3S. The lowest BCUT2D eigenvalue weighted by atomic mass is 10.2. The highest BCUT2D eigenvalue weighted by Crippen LogP contribution is 2.23. The largest absolute Gasteiger partial charge is 0.351 e. The smallest absolute Gasteiger partial charge is 0.270 e. The van der Waals surface area contributed by atoms with Crippen LogP contribution in [0, 0.1) is 10.1 Å². The third kappa shape index (κ3) is 5.13. The van der Waals surface area contributed by atoms with E-state index >= 15 is 0 Å². The fourth-order valence-corrected chi connectivity index (χ4v) is 2.92. The Kier molecular flexibility index (Phi) is 6.27. The fourth-order valence-electron chi connectivity index (χ4n) is 1.76. The van der Waals surface area contributed by atoms with E-state index in [-0.39, 0.29) is 22.2 Å². The second kappa shape index (κ2) is 8.19. The van der Waals surface area contributed by atoms with Gasteiger partial charge in [-0.25, -0.2) is 0 Å². The van der Waals surface area contributed by atoms with Crippen LogP contribution in [-0.4, -0.2) is 23.1 Å².